The largest absolute Gasteiger partial charge is 0.493 e. The second-order valence-electron chi connectivity index (χ2n) is 7.76. The summed E-state index contributed by atoms with van der Waals surface area (Å²) in [6, 6.07) is 10.7. The molecule has 2 amide bonds. The summed E-state index contributed by atoms with van der Waals surface area (Å²) < 4.78 is 21.9. The highest BCUT2D eigenvalue weighted by atomic mass is 16.5. The Morgan fingerprint density at radius 2 is 1.69 bits per heavy atom. The summed E-state index contributed by atoms with van der Waals surface area (Å²) in [5, 5.41) is 0. The number of methoxy groups -OCH3 is 3. The van der Waals surface area contributed by atoms with Crippen LogP contribution in [0.15, 0.2) is 36.4 Å². The molecule has 0 aliphatic carbocycles. The molecule has 0 radical (unpaired) electrons. The van der Waals surface area contributed by atoms with Gasteiger partial charge in [0.1, 0.15) is 0 Å². The molecule has 2 aromatic carbocycles. The standard InChI is InChI=1S/C24H28N2O6/c1-29-20-12-17(13-21(30-2)23(20)31-3)19(14-22(27)25-8-10-32-11-9-25)26-15-16-6-4-5-7-18(16)24(26)28/h4-7,12-13,19H,8-11,14-15H2,1-3H3/t19-/m0/s1. The number of carbonyl (C=O) groups is 2. The van der Waals surface area contributed by atoms with E-state index < -0.39 is 6.04 Å². The number of rotatable bonds is 7. The third-order valence-corrected chi connectivity index (χ3v) is 6.03. The molecule has 32 heavy (non-hydrogen) atoms. The zero-order valence-electron chi connectivity index (χ0n) is 18.6. The summed E-state index contributed by atoms with van der Waals surface area (Å²) in [5.41, 5.74) is 2.37. The van der Waals surface area contributed by atoms with Crippen molar-refractivity contribution < 1.29 is 28.5 Å². The molecule has 0 aromatic heterocycles. The first kappa shape index (κ1) is 22.0. The maximum absolute atomic E-state index is 13.3. The molecule has 1 fully saturated rings. The van der Waals surface area contributed by atoms with Crippen LogP contribution < -0.4 is 14.2 Å². The lowest BCUT2D eigenvalue weighted by atomic mass is 9.99. The number of hydrogen-bond donors (Lipinski definition) is 0. The van der Waals surface area contributed by atoms with E-state index in [1.165, 1.54) is 0 Å². The van der Waals surface area contributed by atoms with Crippen LogP contribution in [0.5, 0.6) is 17.2 Å². The zero-order chi connectivity index (χ0) is 22.7. The van der Waals surface area contributed by atoms with Gasteiger partial charge in [-0.1, -0.05) is 18.2 Å². The Bertz CT molecular complexity index is 977. The molecule has 4 rings (SSSR count). The molecule has 2 heterocycles. The van der Waals surface area contributed by atoms with E-state index in [1.807, 2.05) is 36.4 Å². The van der Waals surface area contributed by atoms with E-state index in [0.29, 0.717) is 55.7 Å². The van der Waals surface area contributed by atoms with Crippen LogP contribution in [0.2, 0.25) is 0 Å². The maximum Gasteiger partial charge on any atom is 0.255 e. The van der Waals surface area contributed by atoms with Gasteiger partial charge in [0.05, 0.1) is 47.0 Å². The van der Waals surface area contributed by atoms with E-state index in [9.17, 15) is 9.59 Å². The van der Waals surface area contributed by atoms with Gasteiger partial charge < -0.3 is 28.7 Å². The van der Waals surface area contributed by atoms with E-state index in [0.717, 1.165) is 11.1 Å². The van der Waals surface area contributed by atoms with Crippen molar-refractivity contribution >= 4 is 11.8 Å². The first-order valence-electron chi connectivity index (χ1n) is 10.6. The summed E-state index contributed by atoms with van der Waals surface area (Å²) in [7, 11) is 4.64. The third kappa shape index (κ3) is 4.10. The fraction of sp³-hybridized carbons (Fsp3) is 0.417. The molecule has 170 valence electrons. The van der Waals surface area contributed by atoms with Crippen LogP contribution in [0.25, 0.3) is 0 Å². The van der Waals surface area contributed by atoms with E-state index in [4.69, 9.17) is 18.9 Å². The Hall–Kier alpha value is -3.26. The number of carbonyl (C=O) groups excluding carboxylic acids is 2. The van der Waals surface area contributed by atoms with Gasteiger partial charge in [0.25, 0.3) is 5.91 Å². The van der Waals surface area contributed by atoms with Crippen molar-refractivity contribution in [1.82, 2.24) is 9.80 Å². The van der Waals surface area contributed by atoms with Crippen molar-refractivity contribution in [1.29, 1.82) is 0 Å². The lowest BCUT2D eigenvalue weighted by molar-refractivity contribution is -0.136. The van der Waals surface area contributed by atoms with Crippen molar-refractivity contribution in [3.8, 4) is 17.2 Å². The lowest BCUT2D eigenvalue weighted by Gasteiger charge is -2.32. The monoisotopic (exact) mass is 440 g/mol. The quantitative estimate of drug-likeness (QED) is 0.659. The van der Waals surface area contributed by atoms with Gasteiger partial charge in [0.15, 0.2) is 11.5 Å². The van der Waals surface area contributed by atoms with Gasteiger partial charge in [-0.15, -0.1) is 0 Å². The van der Waals surface area contributed by atoms with Crippen molar-refractivity contribution in [2.75, 3.05) is 47.6 Å². The molecule has 0 bridgehead atoms. The molecular formula is C24H28N2O6. The molecule has 0 unspecified atom stereocenters. The minimum Gasteiger partial charge on any atom is -0.493 e. The number of nitrogens with zero attached hydrogens (tertiary/aromatic N) is 2. The van der Waals surface area contributed by atoms with E-state index in [1.54, 1.807) is 31.1 Å². The summed E-state index contributed by atoms with van der Waals surface area (Å²) >= 11 is 0. The van der Waals surface area contributed by atoms with Crippen LogP contribution in [0.3, 0.4) is 0 Å². The lowest BCUT2D eigenvalue weighted by Crippen LogP contribution is -2.42. The molecule has 0 saturated carbocycles. The van der Waals surface area contributed by atoms with Crippen LogP contribution in [-0.2, 0) is 16.1 Å². The molecule has 1 saturated heterocycles. The zero-order valence-corrected chi connectivity index (χ0v) is 18.6. The SMILES string of the molecule is COc1cc([C@H](CC(=O)N2CCOCC2)N2Cc3ccccc3C2=O)cc(OC)c1OC. The Morgan fingerprint density at radius 1 is 1.03 bits per heavy atom. The van der Waals surface area contributed by atoms with Crippen LogP contribution >= 0.6 is 0 Å². The third-order valence-electron chi connectivity index (χ3n) is 6.03. The Balaban J connectivity index is 1.73. The van der Waals surface area contributed by atoms with Crippen LogP contribution in [-0.4, -0.2) is 69.2 Å². The van der Waals surface area contributed by atoms with Crippen LogP contribution in [0.4, 0.5) is 0 Å². The number of morpholine rings is 1. The number of benzene rings is 2. The molecule has 2 aliphatic heterocycles. The highest BCUT2D eigenvalue weighted by Gasteiger charge is 2.36. The molecular weight excluding hydrogens is 412 g/mol. The normalized spacial score (nSPS) is 16.5. The van der Waals surface area contributed by atoms with Crippen LogP contribution in [0, 0.1) is 0 Å². The second-order valence-corrected chi connectivity index (χ2v) is 7.76. The van der Waals surface area contributed by atoms with Crippen molar-refractivity contribution in [2.45, 2.75) is 19.0 Å². The Labute approximate surface area is 187 Å². The second kappa shape index (κ2) is 9.48. The van der Waals surface area contributed by atoms with Gasteiger partial charge in [-0.05, 0) is 29.3 Å². The van der Waals surface area contributed by atoms with Crippen molar-refractivity contribution in [3.05, 3.63) is 53.1 Å². The molecule has 2 aliphatic rings. The fourth-order valence-electron chi connectivity index (χ4n) is 4.34. The number of ether oxygens (including phenoxy) is 4. The highest BCUT2D eigenvalue weighted by molar-refractivity contribution is 5.99. The van der Waals surface area contributed by atoms with Gasteiger partial charge >= 0.3 is 0 Å². The predicted octanol–water partition coefficient (Wildman–Crippen LogP) is 2.66. The average Bonchev–Trinajstić information content (AvgIpc) is 3.18. The summed E-state index contributed by atoms with van der Waals surface area (Å²) in [6.07, 6.45) is 0.151. The molecule has 8 heteroatoms. The van der Waals surface area contributed by atoms with Crippen molar-refractivity contribution in [2.24, 2.45) is 0 Å². The van der Waals surface area contributed by atoms with Gasteiger partial charge in [0, 0.05) is 25.2 Å². The smallest absolute Gasteiger partial charge is 0.255 e. The van der Waals surface area contributed by atoms with E-state index >= 15 is 0 Å². The maximum atomic E-state index is 13.3. The fourth-order valence-corrected chi connectivity index (χ4v) is 4.34. The Kier molecular flexibility index (Phi) is 6.50. The first-order chi connectivity index (χ1) is 15.6. The number of fused-ring (bicyclic) bond motifs is 1. The first-order valence-corrected chi connectivity index (χ1v) is 10.6. The summed E-state index contributed by atoms with van der Waals surface area (Å²) in [5.74, 6) is 1.32. The van der Waals surface area contributed by atoms with E-state index in [2.05, 4.69) is 0 Å². The van der Waals surface area contributed by atoms with Crippen LogP contribution in [0.1, 0.15) is 33.9 Å². The molecule has 2 aromatic rings. The molecule has 8 nitrogen and oxygen atoms in total. The van der Waals surface area contributed by atoms with Gasteiger partial charge in [-0.3, -0.25) is 9.59 Å². The number of hydrogen-bond acceptors (Lipinski definition) is 6. The number of amides is 2. The summed E-state index contributed by atoms with van der Waals surface area (Å²) in [6.45, 7) is 2.58. The molecule has 0 spiro atoms. The Morgan fingerprint density at radius 3 is 2.28 bits per heavy atom. The van der Waals surface area contributed by atoms with Gasteiger partial charge in [-0.2, -0.15) is 0 Å². The highest BCUT2D eigenvalue weighted by Crippen LogP contribution is 2.43. The predicted molar refractivity (Wildman–Crippen MR) is 117 cm³/mol. The molecule has 1 atom stereocenters. The van der Waals surface area contributed by atoms with Crippen molar-refractivity contribution in [3.63, 3.8) is 0 Å². The summed E-state index contributed by atoms with van der Waals surface area (Å²) in [4.78, 5) is 30.0. The minimum atomic E-state index is -0.487. The van der Waals surface area contributed by atoms with Gasteiger partial charge in [0.2, 0.25) is 11.7 Å². The van der Waals surface area contributed by atoms with Gasteiger partial charge in [-0.25, -0.2) is 0 Å². The average molecular weight is 440 g/mol. The molecule has 0 N–H and O–H groups in total. The minimum absolute atomic E-state index is 0.0178. The topological polar surface area (TPSA) is 77.5 Å². The van der Waals surface area contributed by atoms with E-state index in [-0.39, 0.29) is 18.2 Å².